The maximum Gasteiger partial charge on any atom is 0.256 e. The van der Waals surface area contributed by atoms with Crippen LogP contribution in [0.1, 0.15) is 84.1 Å². The van der Waals surface area contributed by atoms with Crippen molar-refractivity contribution in [2.24, 2.45) is 10.4 Å². The summed E-state index contributed by atoms with van der Waals surface area (Å²) in [5.74, 6) is 1.78. The molecule has 3 aromatic rings. The molecule has 6 rings (SSSR count). The number of aromatic nitrogens is 4. The topological polar surface area (TPSA) is 90.4 Å². The van der Waals surface area contributed by atoms with Crippen molar-refractivity contribution in [2.45, 2.75) is 90.6 Å². The molecule has 1 spiro atoms. The van der Waals surface area contributed by atoms with E-state index in [0.717, 1.165) is 86.1 Å². The molecule has 0 bridgehead atoms. The number of carbonyl (C=O) groups is 1. The summed E-state index contributed by atoms with van der Waals surface area (Å²) < 4.78 is 0. The Hall–Kier alpha value is -3.55. The zero-order valence-corrected chi connectivity index (χ0v) is 24.1. The van der Waals surface area contributed by atoms with Crippen LogP contribution < -0.4 is 4.90 Å². The van der Waals surface area contributed by atoms with E-state index in [4.69, 9.17) is 4.99 Å². The number of piperidine rings is 1. The highest BCUT2D eigenvalue weighted by atomic mass is 16.2. The Morgan fingerprint density at radius 1 is 0.975 bits per heavy atom. The number of H-pyrrole nitrogens is 1. The lowest BCUT2D eigenvalue weighted by Gasteiger charge is -2.39. The average Bonchev–Trinajstić information content (AvgIpc) is 3.71. The van der Waals surface area contributed by atoms with E-state index < -0.39 is 5.54 Å². The third kappa shape index (κ3) is 5.16. The van der Waals surface area contributed by atoms with Gasteiger partial charge in [0.1, 0.15) is 11.4 Å². The third-order valence-corrected chi connectivity index (χ3v) is 8.94. The second-order valence-corrected chi connectivity index (χ2v) is 12.6. The average molecular weight is 540 g/mol. The number of tetrazole rings is 1. The van der Waals surface area contributed by atoms with Gasteiger partial charge in [-0.05, 0) is 77.6 Å². The minimum atomic E-state index is -0.494. The first-order chi connectivity index (χ1) is 19.4. The molecule has 1 amide bonds. The Labute approximate surface area is 237 Å². The molecule has 3 heterocycles. The van der Waals surface area contributed by atoms with Crippen LogP contribution in [0.5, 0.6) is 0 Å². The number of aromatic amines is 1. The standard InChI is InChI=1S/C32H41N7O/c1-4-5-9-28-33-32(17-6-7-18-32)30(40)39(28)21-23-10-12-24(13-11-23)27-20-25(38-19-8-16-31(2,3)22-38)14-15-26(27)29-34-36-37-35-29/h10-15,20H,4-9,16-19,21-22H2,1-3H3,(H,34,35,36,37). The second kappa shape index (κ2) is 10.8. The summed E-state index contributed by atoms with van der Waals surface area (Å²) in [6.45, 7) is 9.57. The second-order valence-electron chi connectivity index (χ2n) is 12.6. The van der Waals surface area contributed by atoms with Crippen LogP contribution in [0.25, 0.3) is 22.5 Å². The molecule has 1 N–H and O–H groups in total. The number of amides is 1. The van der Waals surface area contributed by atoms with E-state index >= 15 is 0 Å². The summed E-state index contributed by atoms with van der Waals surface area (Å²) in [5.41, 5.74) is 5.28. The lowest BCUT2D eigenvalue weighted by Crippen LogP contribution is -2.40. The van der Waals surface area contributed by atoms with Crippen molar-refractivity contribution in [3.05, 3.63) is 48.0 Å². The molecule has 0 radical (unpaired) electrons. The number of hydrogen-bond donors (Lipinski definition) is 1. The Kier molecular flexibility index (Phi) is 7.19. The van der Waals surface area contributed by atoms with Gasteiger partial charge in [0.05, 0.1) is 6.54 Å². The highest BCUT2D eigenvalue weighted by Gasteiger charge is 2.49. The molecule has 1 saturated heterocycles. The molecule has 3 aliphatic rings. The van der Waals surface area contributed by atoms with E-state index in [1.54, 1.807) is 0 Å². The van der Waals surface area contributed by atoms with Gasteiger partial charge in [-0.3, -0.25) is 14.7 Å². The predicted molar refractivity (Wildman–Crippen MR) is 159 cm³/mol. The summed E-state index contributed by atoms with van der Waals surface area (Å²) in [7, 11) is 0. The van der Waals surface area contributed by atoms with Gasteiger partial charge in [-0.15, -0.1) is 10.2 Å². The van der Waals surface area contributed by atoms with Gasteiger partial charge in [0.25, 0.3) is 5.91 Å². The van der Waals surface area contributed by atoms with Gasteiger partial charge >= 0.3 is 0 Å². The maximum atomic E-state index is 13.6. The monoisotopic (exact) mass is 539 g/mol. The zero-order valence-electron chi connectivity index (χ0n) is 24.1. The fraction of sp³-hybridized carbons (Fsp3) is 0.531. The largest absolute Gasteiger partial charge is 0.371 e. The Morgan fingerprint density at radius 2 is 1.77 bits per heavy atom. The first-order valence-electron chi connectivity index (χ1n) is 15.0. The van der Waals surface area contributed by atoms with Crippen molar-refractivity contribution in [3.8, 4) is 22.5 Å². The maximum absolute atomic E-state index is 13.6. The number of anilines is 1. The van der Waals surface area contributed by atoms with Gasteiger partial charge in [0, 0.05) is 30.8 Å². The lowest BCUT2D eigenvalue weighted by molar-refractivity contribution is -0.131. The van der Waals surface area contributed by atoms with Crippen molar-refractivity contribution < 1.29 is 4.79 Å². The number of unbranched alkanes of at least 4 members (excludes halogenated alkanes) is 1. The number of amidine groups is 1. The van der Waals surface area contributed by atoms with Crippen LogP contribution in [-0.4, -0.2) is 55.9 Å². The molecule has 210 valence electrons. The molecule has 0 atom stereocenters. The summed E-state index contributed by atoms with van der Waals surface area (Å²) in [4.78, 5) is 23.1. The molecular weight excluding hydrogens is 498 g/mol. The zero-order chi connectivity index (χ0) is 27.7. The molecule has 8 heteroatoms. The minimum Gasteiger partial charge on any atom is -0.371 e. The van der Waals surface area contributed by atoms with E-state index in [1.165, 1.54) is 18.5 Å². The van der Waals surface area contributed by atoms with Crippen LogP contribution in [0.15, 0.2) is 47.5 Å². The summed E-state index contributed by atoms with van der Waals surface area (Å²) in [6.07, 6.45) is 9.44. The van der Waals surface area contributed by atoms with Crippen molar-refractivity contribution >= 4 is 17.4 Å². The fourth-order valence-corrected chi connectivity index (χ4v) is 6.75. The highest BCUT2D eigenvalue weighted by molar-refractivity contribution is 6.08. The molecule has 2 fully saturated rings. The van der Waals surface area contributed by atoms with Crippen molar-refractivity contribution in [1.82, 2.24) is 25.5 Å². The van der Waals surface area contributed by atoms with E-state index in [9.17, 15) is 4.79 Å². The summed E-state index contributed by atoms with van der Waals surface area (Å²) in [6, 6.07) is 15.2. The first-order valence-corrected chi connectivity index (χ1v) is 15.0. The van der Waals surface area contributed by atoms with Gasteiger partial charge in [0.15, 0.2) is 0 Å². The van der Waals surface area contributed by atoms with Crippen LogP contribution in [0, 0.1) is 5.41 Å². The number of benzene rings is 2. The molecule has 1 aliphatic carbocycles. The summed E-state index contributed by atoms with van der Waals surface area (Å²) in [5, 5.41) is 15.0. The van der Waals surface area contributed by atoms with Crippen LogP contribution in [-0.2, 0) is 11.3 Å². The smallest absolute Gasteiger partial charge is 0.256 e. The van der Waals surface area contributed by atoms with Gasteiger partial charge in [-0.2, -0.15) is 5.21 Å². The number of nitrogens with zero attached hydrogens (tertiary/aromatic N) is 6. The lowest BCUT2D eigenvalue weighted by atomic mass is 9.84. The number of aliphatic imine (C=N–C) groups is 1. The van der Waals surface area contributed by atoms with Gasteiger partial charge in [0.2, 0.25) is 5.82 Å². The Balaban J connectivity index is 1.28. The number of rotatable bonds is 8. The quantitative estimate of drug-likeness (QED) is 0.358. The van der Waals surface area contributed by atoms with Crippen LogP contribution in [0.3, 0.4) is 0 Å². The van der Waals surface area contributed by atoms with Gasteiger partial charge < -0.3 is 4.90 Å². The van der Waals surface area contributed by atoms with Crippen molar-refractivity contribution in [3.63, 3.8) is 0 Å². The van der Waals surface area contributed by atoms with E-state index in [2.05, 4.69) is 88.8 Å². The molecule has 2 aliphatic heterocycles. The SMILES string of the molecule is CCCCC1=NC2(CCCC2)C(=O)N1Cc1ccc(-c2cc(N3CCCC(C)(C)C3)ccc2-c2nn[nH]n2)cc1. The van der Waals surface area contributed by atoms with Crippen molar-refractivity contribution in [2.75, 3.05) is 18.0 Å². The minimum absolute atomic E-state index is 0.205. The molecule has 2 aromatic carbocycles. The highest BCUT2D eigenvalue weighted by Crippen LogP contribution is 2.41. The summed E-state index contributed by atoms with van der Waals surface area (Å²) >= 11 is 0. The number of carbonyl (C=O) groups excluding carboxylic acids is 1. The van der Waals surface area contributed by atoms with Crippen molar-refractivity contribution in [1.29, 1.82) is 0 Å². The molecule has 0 unspecified atom stereocenters. The van der Waals surface area contributed by atoms with E-state index in [-0.39, 0.29) is 5.91 Å². The normalized spacial score (nSPS) is 20.0. The van der Waals surface area contributed by atoms with Gasteiger partial charge in [-0.25, -0.2) is 0 Å². The predicted octanol–water partition coefficient (Wildman–Crippen LogP) is 6.40. The third-order valence-electron chi connectivity index (χ3n) is 8.94. The molecule has 8 nitrogen and oxygen atoms in total. The number of nitrogens with one attached hydrogen (secondary N) is 1. The van der Waals surface area contributed by atoms with Crippen LogP contribution in [0.2, 0.25) is 0 Å². The first kappa shape index (κ1) is 26.7. The Morgan fingerprint density at radius 3 is 2.48 bits per heavy atom. The van der Waals surface area contributed by atoms with E-state index in [1.807, 2.05) is 4.90 Å². The molecule has 1 aromatic heterocycles. The Bertz CT molecular complexity index is 1370. The van der Waals surface area contributed by atoms with E-state index in [0.29, 0.717) is 17.8 Å². The number of hydrogen-bond acceptors (Lipinski definition) is 6. The van der Waals surface area contributed by atoms with Crippen LogP contribution >= 0.6 is 0 Å². The fourth-order valence-electron chi connectivity index (χ4n) is 6.75. The molecular formula is C32H41N7O. The van der Waals surface area contributed by atoms with Gasteiger partial charge in [-0.1, -0.05) is 64.3 Å². The molecule has 40 heavy (non-hydrogen) atoms. The van der Waals surface area contributed by atoms with Crippen LogP contribution in [0.4, 0.5) is 5.69 Å². The molecule has 1 saturated carbocycles.